The largest absolute Gasteiger partial charge is 0.481 e. The molecule has 1 rings (SSSR count). The number of carboxylic acid groups (broad SMARTS) is 1. The summed E-state index contributed by atoms with van der Waals surface area (Å²) < 4.78 is 0. The van der Waals surface area contributed by atoms with Crippen molar-refractivity contribution in [2.45, 2.75) is 41.0 Å². The zero-order valence-electron chi connectivity index (χ0n) is 10.1. The van der Waals surface area contributed by atoms with Crippen molar-refractivity contribution in [3.05, 3.63) is 0 Å². The molecule has 0 saturated heterocycles. The maximum absolute atomic E-state index is 11.5. The van der Waals surface area contributed by atoms with Gasteiger partial charge in [0.2, 0.25) is 0 Å². The first-order valence-electron chi connectivity index (χ1n) is 5.34. The van der Waals surface area contributed by atoms with Crippen molar-refractivity contribution in [2.24, 2.45) is 22.7 Å². The Morgan fingerprint density at radius 3 is 1.80 bits per heavy atom. The number of carbonyl (C=O) groups excluding carboxylic acids is 1. The van der Waals surface area contributed by atoms with Crippen molar-refractivity contribution in [2.75, 3.05) is 0 Å². The van der Waals surface area contributed by atoms with Crippen LogP contribution in [0.15, 0.2) is 0 Å². The summed E-state index contributed by atoms with van der Waals surface area (Å²) in [5, 5.41) is 8.85. The molecule has 0 radical (unpaired) electrons. The van der Waals surface area contributed by atoms with Gasteiger partial charge in [0.25, 0.3) is 0 Å². The molecule has 1 N–H and O–H groups in total. The van der Waals surface area contributed by atoms with Gasteiger partial charge in [-0.2, -0.15) is 0 Å². The van der Waals surface area contributed by atoms with Crippen LogP contribution < -0.4 is 0 Å². The maximum atomic E-state index is 11.5. The highest BCUT2D eigenvalue weighted by atomic mass is 16.4. The fourth-order valence-electron chi connectivity index (χ4n) is 3.97. The fraction of sp³-hybridized carbons (Fsp3) is 0.833. The van der Waals surface area contributed by atoms with Gasteiger partial charge in [-0.1, -0.05) is 27.7 Å². The number of carboxylic acids is 1. The summed E-state index contributed by atoms with van der Waals surface area (Å²) in [5.41, 5.74) is -0.374. The molecule has 86 valence electrons. The summed E-state index contributed by atoms with van der Waals surface area (Å²) in [6.45, 7) is 9.59. The number of ketones is 1. The van der Waals surface area contributed by atoms with Crippen LogP contribution in [0, 0.1) is 22.7 Å². The second kappa shape index (κ2) is 3.32. The molecule has 1 saturated carbocycles. The lowest BCUT2D eigenvalue weighted by Crippen LogP contribution is -2.62. The van der Waals surface area contributed by atoms with E-state index in [-0.39, 0.29) is 34.9 Å². The quantitative estimate of drug-likeness (QED) is 0.781. The first-order valence-corrected chi connectivity index (χ1v) is 5.34. The molecule has 0 amide bonds. The second-order valence-corrected chi connectivity index (χ2v) is 5.84. The molecule has 15 heavy (non-hydrogen) atoms. The van der Waals surface area contributed by atoms with Gasteiger partial charge in [0, 0.05) is 12.3 Å². The zero-order valence-corrected chi connectivity index (χ0v) is 10.1. The summed E-state index contributed by atoms with van der Waals surface area (Å²) in [5.74, 6) is -0.541. The van der Waals surface area contributed by atoms with Crippen LogP contribution in [0.1, 0.15) is 41.0 Å². The third kappa shape index (κ3) is 1.68. The Kier molecular flexibility index (Phi) is 2.71. The van der Waals surface area contributed by atoms with Gasteiger partial charge in [-0.15, -0.1) is 0 Å². The summed E-state index contributed by atoms with van der Waals surface area (Å²) in [6.07, 6.45) is 0.157. The topological polar surface area (TPSA) is 54.4 Å². The number of hydrogen-bond acceptors (Lipinski definition) is 2. The van der Waals surface area contributed by atoms with E-state index in [0.29, 0.717) is 0 Å². The maximum Gasteiger partial charge on any atom is 0.303 e. The molecule has 0 heterocycles. The predicted octanol–water partition coefficient (Wildman–Crippen LogP) is 2.35. The Morgan fingerprint density at radius 2 is 1.53 bits per heavy atom. The van der Waals surface area contributed by atoms with E-state index < -0.39 is 5.97 Å². The monoisotopic (exact) mass is 212 g/mol. The highest BCUT2D eigenvalue weighted by Gasteiger charge is 2.63. The van der Waals surface area contributed by atoms with Gasteiger partial charge in [0.1, 0.15) is 5.78 Å². The van der Waals surface area contributed by atoms with Gasteiger partial charge in [0.15, 0.2) is 0 Å². The van der Waals surface area contributed by atoms with E-state index in [4.69, 9.17) is 5.11 Å². The first-order chi connectivity index (χ1) is 6.61. The molecule has 1 fully saturated rings. The molecular formula is C12H20O3. The summed E-state index contributed by atoms with van der Waals surface area (Å²) in [6, 6.07) is 0. The van der Waals surface area contributed by atoms with Crippen molar-refractivity contribution >= 4 is 11.8 Å². The lowest BCUT2D eigenvalue weighted by atomic mass is 9.40. The Morgan fingerprint density at radius 1 is 1.13 bits per heavy atom. The normalized spacial score (nSPS) is 31.8. The molecule has 0 unspecified atom stereocenters. The van der Waals surface area contributed by atoms with Gasteiger partial charge >= 0.3 is 5.97 Å². The smallest absolute Gasteiger partial charge is 0.303 e. The minimum Gasteiger partial charge on any atom is -0.481 e. The van der Waals surface area contributed by atoms with Crippen LogP contribution in [-0.4, -0.2) is 16.9 Å². The van der Waals surface area contributed by atoms with E-state index in [2.05, 4.69) is 0 Å². The van der Waals surface area contributed by atoms with E-state index in [1.807, 2.05) is 27.7 Å². The molecule has 0 atom stereocenters. The van der Waals surface area contributed by atoms with Crippen LogP contribution in [-0.2, 0) is 9.59 Å². The van der Waals surface area contributed by atoms with Crippen molar-refractivity contribution in [1.29, 1.82) is 0 Å². The molecule has 0 aliphatic heterocycles. The Balaban J connectivity index is 2.94. The summed E-state index contributed by atoms with van der Waals surface area (Å²) >= 11 is 0. The van der Waals surface area contributed by atoms with Crippen LogP contribution in [0.4, 0.5) is 0 Å². The minimum atomic E-state index is -0.775. The molecule has 0 aromatic rings. The Labute approximate surface area is 90.9 Å². The van der Waals surface area contributed by atoms with Gasteiger partial charge in [-0.3, -0.25) is 9.59 Å². The number of Topliss-reactive ketones (excluding diaryl/α,β-unsaturated/α-hetero) is 1. The molecule has 3 nitrogen and oxygen atoms in total. The lowest BCUT2D eigenvalue weighted by molar-refractivity contribution is -0.184. The van der Waals surface area contributed by atoms with E-state index in [0.717, 1.165) is 0 Å². The minimum absolute atomic E-state index is 0.0191. The zero-order chi connectivity index (χ0) is 12.0. The third-order valence-electron chi connectivity index (χ3n) is 4.07. The third-order valence-corrected chi connectivity index (χ3v) is 4.07. The highest BCUT2D eigenvalue weighted by Crippen LogP contribution is 2.64. The van der Waals surface area contributed by atoms with Gasteiger partial charge < -0.3 is 5.11 Å². The van der Waals surface area contributed by atoms with Crippen molar-refractivity contribution in [3.8, 4) is 0 Å². The molecule has 0 aromatic carbocycles. The van der Waals surface area contributed by atoms with Gasteiger partial charge in [-0.25, -0.2) is 0 Å². The summed E-state index contributed by atoms with van der Waals surface area (Å²) in [4.78, 5) is 22.3. The van der Waals surface area contributed by atoms with Gasteiger partial charge in [-0.05, 0) is 23.7 Å². The molecule has 3 heteroatoms. The average Bonchev–Trinajstić information content (AvgIpc) is 1.97. The lowest BCUT2D eigenvalue weighted by Gasteiger charge is -2.63. The number of aliphatic carboxylic acids is 1. The number of rotatable bonds is 3. The fourth-order valence-corrected chi connectivity index (χ4v) is 3.97. The number of carbonyl (C=O) groups is 2. The van der Waals surface area contributed by atoms with Gasteiger partial charge in [0.05, 0.1) is 0 Å². The van der Waals surface area contributed by atoms with Crippen LogP contribution in [0.5, 0.6) is 0 Å². The van der Waals surface area contributed by atoms with Crippen molar-refractivity contribution in [1.82, 2.24) is 0 Å². The van der Waals surface area contributed by atoms with E-state index in [9.17, 15) is 9.59 Å². The average molecular weight is 212 g/mol. The van der Waals surface area contributed by atoms with Crippen molar-refractivity contribution in [3.63, 3.8) is 0 Å². The van der Waals surface area contributed by atoms with Crippen molar-refractivity contribution < 1.29 is 14.7 Å². The van der Waals surface area contributed by atoms with E-state index >= 15 is 0 Å². The van der Waals surface area contributed by atoms with Crippen LogP contribution in [0.2, 0.25) is 0 Å². The summed E-state index contributed by atoms with van der Waals surface area (Å²) in [7, 11) is 0. The molecule has 0 spiro atoms. The van der Waals surface area contributed by atoms with Crippen LogP contribution in [0.25, 0.3) is 0 Å². The SMILES string of the molecule is CC(=O)C1C(C)(C)C(CC(=O)O)C1(C)C. The first kappa shape index (κ1) is 12.2. The highest BCUT2D eigenvalue weighted by molar-refractivity contribution is 5.82. The van der Waals surface area contributed by atoms with Crippen LogP contribution in [0.3, 0.4) is 0 Å². The Bertz CT molecular complexity index is 286. The molecule has 0 bridgehead atoms. The van der Waals surface area contributed by atoms with Crippen LogP contribution >= 0.6 is 0 Å². The predicted molar refractivity (Wildman–Crippen MR) is 57.5 cm³/mol. The second-order valence-electron chi connectivity index (χ2n) is 5.84. The Hall–Kier alpha value is -0.860. The standard InChI is InChI=1S/C12H20O3/c1-7(13)10-11(2,3)8(6-9(14)15)12(10,4)5/h8,10H,6H2,1-5H3,(H,14,15). The number of hydrogen-bond donors (Lipinski definition) is 1. The molecule has 1 aliphatic rings. The molecule has 0 aromatic heterocycles. The molecular weight excluding hydrogens is 192 g/mol. The molecule has 1 aliphatic carbocycles. The van der Waals surface area contributed by atoms with E-state index in [1.54, 1.807) is 6.92 Å². The van der Waals surface area contributed by atoms with E-state index in [1.165, 1.54) is 0 Å².